The number of carbonyl (C=O) groups excluding carboxylic acids is 1. The van der Waals surface area contributed by atoms with Crippen molar-refractivity contribution in [3.05, 3.63) is 46.2 Å². The lowest BCUT2D eigenvalue weighted by Gasteiger charge is -2.31. The molecule has 0 saturated carbocycles. The van der Waals surface area contributed by atoms with Crippen LogP contribution in [0, 0.1) is 0 Å². The molecule has 3 aromatic heterocycles. The van der Waals surface area contributed by atoms with Crippen LogP contribution in [0.3, 0.4) is 0 Å². The van der Waals surface area contributed by atoms with Crippen LogP contribution >= 0.6 is 22.9 Å². The zero-order valence-electron chi connectivity index (χ0n) is 19.4. The average molecular weight is 497 g/mol. The monoisotopic (exact) mass is 496 g/mol. The molecular weight excluding hydrogens is 472 g/mol. The molecule has 0 saturated heterocycles. The third-order valence-corrected chi connectivity index (χ3v) is 7.30. The Balaban J connectivity index is 1.53. The van der Waals surface area contributed by atoms with Crippen molar-refractivity contribution in [3.63, 3.8) is 0 Å². The highest BCUT2D eigenvalue weighted by Crippen LogP contribution is 2.41. The number of rotatable bonds is 4. The minimum absolute atomic E-state index is 0.0348. The van der Waals surface area contributed by atoms with Crippen LogP contribution in [0.25, 0.3) is 21.0 Å². The van der Waals surface area contributed by atoms with Crippen LogP contribution in [0.4, 0.5) is 5.69 Å². The number of ether oxygens (including phenoxy) is 1. The van der Waals surface area contributed by atoms with E-state index in [0.717, 1.165) is 32.2 Å². The van der Waals surface area contributed by atoms with Gasteiger partial charge < -0.3 is 15.4 Å². The number of anilines is 1. The second kappa shape index (κ2) is 8.65. The summed E-state index contributed by atoms with van der Waals surface area (Å²) in [4.78, 5) is 28.5. The molecule has 1 aromatic carbocycles. The first-order valence-electron chi connectivity index (χ1n) is 11.0. The number of amides is 1. The first-order valence-corrected chi connectivity index (χ1v) is 12.2. The summed E-state index contributed by atoms with van der Waals surface area (Å²) in [6, 6.07) is 7.73. The Labute approximate surface area is 206 Å². The van der Waals surface area contributed by atoms with Crippen molar-refractivity contribution in [2.24, 2.45) is 0 Å². The molecule has 2 N–H and O–H groups in total. The second-order valence-electron chi connectivity index (χ2n) is 9.24. The van der Waals surface area contributed by atoms with Gasteiger partial charge in [-0.3, -0.25) is 9.69 Å². The molecule has 10 heteroatoms. The Bertz CT molecular complexity index is 1410. The Kier molecular flexibility index (Phi) is 5.79. The minimum Gasteiger partial charge on any atom is -0.420 e. The number of nitrogens with one attached hydrogen (secondary N) is 2. The summed E-state index contributed by atoms with van der Waals surface area (Å²) in [5, 5.41) is 8.40. The molecule has 0 bridgehead atoms. The largest absolute Gasteiger partial charge is 0.420 e. The van der Waals surface area contributed by atoms with E-state index in [0.29, 0.717) is 36.3 Å². The van der Waals surface area contributed by atoms with Crippen molar-refractivity contribution < 1.29 is 9.53 Å². The fourth-order valence-electron chi connectivity index (χ4n) is 3.77. The molecule has 1 amide bonds. The van der Waals surface area contributed by atoms with Crippen LogP contribution in [0.1, 0.15) is 36.0 Å². The van der Waals surface area contributed by atoms with Gasteiger partial charge in [0.2, 0.25) is 17.0 Å². The smallest absolute Gasteiger partial charge is 0.263 e. The molecule has 0 atom stereocenters. The number of halogens is 1. The number of pyridine rings is 1. The van der Waals surface area contributed by atoms with Gasteiger partial charge in [0.15, 0.2) is 0 Å². The van der Waals surface area contributed by atoms with Gasteiger partial charge in [-0.05, 0) is 57.6 Å². The Morgan fingerprint density at radius 1 is 1.15 bits per heavy atom. The fourth-order valence-corrected chi connectivity index (χ4v) is 5.01. The lowest BCUT2D eigenvalue weighted by atomic mass is 10.1. The lowest BCUT2D eigenvalue weighted by Crippen LogP contribution is -2.37. The van der Waals surface area contributed by atoms with E-state index in [-0.39, 0.29) is 16.7 Å². The van der Waals surface area contributed by atoms with Crippen LogP contribution < -0.4 is 15.4 Å². The molecule has 1 aliphatic rings. The Morgan fingerprint density at radius 2 is 1.94 bits per heavy atom. The summed E-state index contributed by atoms with van der Waals surface area (Å²) in [7, 11) is 2.04. The van der Waals surface area contributed by atoms with Crippen LogP contribution in [0.2, 0.25) is 5.28 Å². The number of carbonyl (C=O) groups is 1. The molecule has 1 aliphatic heterocycles. The van der Waals surface area contributed by atoms with Gasteiger partial charge in [0.05, 0.1) is 11.2 Å². The van der Waals surface area contributed by atoms with Crippen molar-refractivity contribution in [1.29, 1.82) is 0 Å². The van der Waals surface area contributed by atoms with Gasteiger partial charge >= 0.3 is 0 Å². The van der Waals surface area contributed by atoms with E-state index in [4.69, 9.17) is 21.3 Å². The SMILES string of the molecule is CN(Cc1cnc(Cl)nc1Oc1ccc2c(ccc3sc4c(c32)NCCNC4=O)n1)C(C)(C)C. The van der Waals surface area contributed by atoms with Crippen LogP contribution in [-0.2, 0) is 6.54 Å². The molecule has 34 heavy (non-hydrogen) atoms. The maximum absolute atomic E-state index is 12.5. The van der Waals surface area contributed by atoms with Gasteiger partial charge in [0, 0.05) is 58.5 Å². The topological polar surface area (TPSA) is 92.3 Å². The molecule has 0 aliphatic carbocycles. The maximum atomic E-state index is 12.5. The van der Waals surface area contributed by atoms with E-state index in [9.17, 15) is 4.79 Å². The van der Waals surface area contributed by atoms with E-state index in [2.05, 4.69) is 46.3 Å². The molecule has 4 heterocycles. The van der Waals surface area contributed by atoms with E-state index in [1.54, 1.807) is 6.20 Å². The predicted octanol–water partition coefficient (Wildman–Crippen LogP) is 5.07. The normalized spacial score (nSPS) is 14.1. The molecule has 5 rings (SSSR count). The highest BCUT2D eigenvalue weighted by Gasteiger charge is 2.23. The summed E-state index contributed by atoms with van der Waals surface area (Å²) in [6.45, 7) is 8.28. The molecule has 0 spiro atoms. The summed E-state index contributed by atoms with van der Waals surface area (Å²) >= 11 is 7.56. The molecular formula is C24H25ClN6O2S. The van der Waals surface area contributed by atoms with Gasteiger partial charge in [-0.1, -0.05) is 0 Å². The van der Waals surface area contributed by atoms with E-state index >= 15 is 0 Å². The molecule has 4 aromatic rings. The maximum Gasteiger partial charge on any atom is 0.263 e. The Hall–Kier alpha value is -3.01. The van der Waals surface area contributed by atoms with Gasteiger partial charge in [-0.2, -0.15) is 4.98 Å². The fraction of sp³-hybridized carbons (Fsp3) is 0.333. The highest BCUT2D eigenvalue weighted by molar-refractivity contribution is 7.21. The zero-order chi connectivity index (χ0) is 24.0. The number of aromatic nitrogens is 3. The van der Waals surface area contributed by atoms with Gasteiger partial charge in [-0.15, -0.1) is 11.3 Å². The quantitative estimate of drug-likeness (QED) is 0.381. The van der Waals surface area contributed by atoms with Crippen molar-refractivity contribution in [1.82, 2.24) is 25.2 Å². The van der Waals surface area contributed by atoms with Crippen molar-refractivity contribution in [2.75, 3.05) is 25.5 Å². The van der Waals surface area contributed by atoms with Gasteiger partial charge in [0.25, 0.3) is 5.91 Å². The van der Waals surface area contributed by atoms with Gasteiger partial charge in [-0.25, -0.2) is 9.97 Å². The standard InChI is InChI=1S/C24H25ClN6O2S/c1-24(2,3)31(4)12-13-11-28-23(25)30-22(13)33-17-8-5-14-15(29-17)6-7-16-18(14)19-20(34-16)21(32)27-10-9-26-19/h5-8,11,26H,9-10,12H2,1-4H3,(H,27,32). The number of fused-ring (bicyclic) bond motifs is 5. The summed E-state index contributed by atoms with van der Waals surface area (Å²) in [5.41, 5.74) is 2.42. The summed E-state index contributed by atoms with van der Waals surface area (Å²) in [6.07, 6.45) is 1.69. The predicted molar refractivity (Wildman–Crippen MR) is 136 cm³/mol. The van der Waals surface area contributed by atoms with Gasteiger partial charge in [0.1, 0.15) is 4.88 Å². The molecule has 176 valence electrons. The minimum atomic E-state index is -0.0457. The average Bonchev–Trinajstić information content (AvgIpc) is 3.07. The van der Waals surface area contributed by atoms with E-state index in [1.807, 2.05) is 31.3 Å². The molecule has 0 unspecified atom stereocenters. The number of thiophene rings is 1. The lowest BCUT2D eigenvalue weighted by molar-refractivity contribution is 0.0962. The highest BCUT2D eigenvalue weighted by atomic mass is 35.5. The molecule has 0 fully saturated rings. The summed E-state index contributed by atoms with van der Waals surface area (Å²) in [5.74, 6) is 0.746. The van der Waals surface area contributed by atoms with Crippen molar-refractivity contribution in [3.8, 4) is 11.8 Å². The molecule has 8 nitrogen and oxygen atoms in total. The first-order chi connectivity index (χ1) is 16.2. The van der Waals surface area contributed by atoms with E-state index < -0.39 is 0 Å². The third kappa shape index (κ3) is 4.26. The van der Waals surface area contributed by atoms with Crippen LogP contribution in [0.15, 0.2) is 30.5 Å². The van der Waals surface area contributed by atoms with Crippen molar-refractivity contribution >= 4 is 55.5 Å². The Morgan fingerprint density at radius 3 is 2.74 bits per heavy atom. The third-order valence-electron chi connectivity index (χ3n) is 5.96. The zero-order valence-corrected chi connectivity index (χ0v) is 21.0. The number of hydrogen-bond donors (Lipinski definition) is 2. The van der Waals surface area contributed by atoms with Crippen LogP contribution in [0.5, 0.6) is 11.8 Å². The molecule has 0 radical (unpaired) electrons. The van der Waals surface area contributed by atoms with E-state index in [1.165, 1.54) is 11.3 Å². The van der Waals surface area contributed by atoms with Crippen LogP contribution in [-0.4, -0.2) is 51.4 Å². The number of nitrogens with zero attached hydrogens (tertiary/aromatic N) is 4. The number of hydrogen-bond acceptors (Lipinski definition) is 8. The number of benzene rings is 1. The second-order valence-corrected chi connectivity index (χ2v) is 10.6. The summed E-state index contributed by atoms with van der Waals surface area (Å²) < 4.78 is 7.14. The first kappa shape index (κ1) is 22.8. The van der Waals surface area contributed by atoms with Crippen molar-refractivity contribution in [2.45, 2.75) is 32.9 Å².